The van der Waals surface area contributed by atoms with Gasteiger partial charge in [-0.25, -0.2) is 0 Å². The molecule has 2 aromatic carbocycles. The second-order valence-electron chi connectivity index (χ2n) is 7.44. The Morgan fingerprint density at radius 1 is 1.04 bits per heavy atom. The van der Waals surface area contributed by atoms with Crippen molar-refractivity contribution in [3.8, 4) is 11.5 Å². The Hall–Kier alpha value is -2.00. The molecule has 1 aliphatic carbocycles. The van der Waals surface area contributed by atoms with Crippen molar-refractivity contribution in [2.24, 2.45) is 5.92 Å². The Balaban J connectivity index is 1.58. The van der Waals surface area contributed by atoms with Crippen molar-refractivity contribution < 1.29 is 9.47 Å². The van der Waals surface area contributed by atoms with E-state index < -0.39 is 0 Å². The van der Waals surface area contributed by atoms with Crippen LogP contribution in [0.3, 0.4) is 0 Å². The number of aryl methyl sites for hydroxylation is 1. The van der Waals surface area contributed by atoms with Gasteiger partial charge in [-0.1, -0.05) is 18.2 Å². The second-order valence-corrected chi connectivity index (χ2v) is 7.44. The highest BCUT2D eigenvalue weighted by molar-refractivity contribution is 5.41. The van der Waals surface area contributed by atoms with Crippen LogP contribution in [0.1, 0.15) is 29.0 Å². The monoisotopic (exact) mass is 337 g/mol. The molecule has 2 aromatic rings. The summed E-state index contributed by atoms with van der Waals surface area (Å²) in [5.41, 5.74) is 4.39. The highest BCUT2D eigenvalue weighted by Gasteiger charge is 2.43. The standard InChI is InChI=1S/C22H27NO2/c1-23-14-21-19-10-8-18(25-3)13-16(19)7-9-20(21)22(23)12-15-5-4-6-17(11-15)24-2/h4-6,8,10-11,13,20-22H,7,9,12,14H2,1-3H3/t20?,21-,22-/m1/s1. The van der Waals surface area contributed by atoms with Crippen LogP contribution in [0.5, 0.6) is 11.5 Å². The number of benzene rings is 2. The molecule has 0 aromatic heterocycles. The van der Waals surface area contributed by atoms with Gasteiger partial charge in [0.25, 0.3) is 0 Å². The van der Waals surface area contributed by atoms with Gasteiger partial charge >= 0.3 is 0 Å². The topological polar surface area (TPSA) is 21.7 Å². The lowest BCUT2D eigenvalue weighted by Crippen LogP contribution is -2.32. The molecule has 0 radical (unpaired) electrons. The first-order chi connectivity index (χ1) is 12.2. The maximum Gasteiger partial charge on any atom is 0.119 e. The zero-order chi connectivity index (χ0) is 17.4. The molecule has 2 aliphatic rings. The molecule has 1 unspecified atom stereocenters. The third kappa shape index (κ3) is 3.02. The molecule has 1 aliphatic heterocycles. The van der Waals surface area contributed by atoms with Gasteiger partial charge in [-0.3, -0.25) is 0 Å². The number of fused-ring (bicyclic) bond motifs is 3. The molecule has 0 amide bonds. The molecule has 0 bridgehead atoms. The van der Waals surface area contributed by atoms with E-state index in [-0.39, 0.29) is 0 Å². The molecule has 25 heavy (non-hydrogen) atoms. The average molecular weight is 337 g/mol. The highest BCUT2D eigenvalue weighted by atomic mass is 16.5. The van der Waals surface area contributed by atoms with Gasteiger partial charge in [0.1, 0.15) is 11.5 Å². The second kappa shape index (κ2) is 6.72. The van der Waals surface area contributed by atoms with Crippen LogP contribution in [0.15, 0.2) is 42.5 Å². The Bertz CT molecular complexity index is 757. The van der Waals surface area contributed by atoms with Crippen LogP contribution in [0.2, 0.25) is 0 Å². The first-order valence-corrected chi connectivity index (χ1v) is 9.19. The number of rotatable bonds is 4. The van der Waals surface area contributed by atoms with Crippen molar-refractivity contribution in [2.45, 2.75) is 31.2 Å². The third-order valence-corrected chi connectivity index (χ3v) is 6.14. The molecule has 132 valence electrons. The van der Waals surface area contributed by atoms with Crippen molar-refractivity contribution in [1.29, 1.82) is 0 Å². The van der Waals surface area contributed by atoms with E-state index in [1.165, 1.54) is 23.1 Å². The molecule has 4 rings (SSSR count). The van der Waals surface area contributed by atoms with E-state index in [0.717, 1.165) is 36.8 Å². The molecule has 0 saturated carbocycles. The lowest BCUT2D eigenvalue weighted by Gasteiger charge is -2.31. The molecular formula is C22H27NO2. The number of methoxy groups -OCH3 is 2. The molecule has 1 fully saturated rings. The Morgan fingerprint density at radius 2 is 1.84 bits per heavy atom. The molecule has 0 spiro atoms. The van der Waals surface area contributed by atoms with Gasteiger partial charge in [-0.15, -0.1) is 0 Å². The first kappa shape index (κ1) is 16.5. The Morgan fingerprint density at radius 3 is 2.64 bits per heavy atom. The van der Waals surface area contributed by atoms with E-state index in [2.05, 4.69) is 48.3 Å². The van der Waals surface area contributed by atoms with Crippen LogP contribution in [0.4, 0.5) is 0 Å². The van der Waals surface area contributed by atoms with E-state index in [4.69, 9.17) is 9.47 Å². The SMILES string of the molecule is COc1cccc(C[C@@H]2C3CCc4cc(OC)ccc4[C@H]3CN2C)c1. The smallest absolute Gasteiger partial charge is 0.119 e. The van der Waals surface area contributed by atoms with Gasteiger partial charge in [-0.05, 0) is 73.2 Å². The van der Waals surface area contributed by atoms with Crippen molar-refractivity contribution in [3.05, 3.63) is 59.2 Å². The average Bonchev–Trinajstić information content (AvgIpc) is 2.97. The van der Waals surface area contributed by atoms with Gasteiger partial charge in [-0.2, -0.15) is 0 Å². The summed E-state index contributed by atoms with van der Waals surface area (Å²) in [6, 6.07) is 15.8. The molecule has 0 N–H and O–H groups in total. The van der Waals surface area contributed by atoms with E-state index >= 15 is 0 Å². The van der Waals surface area contributed by atoms with Gasteiger partial charge in [0.2, 0.25) is 0 Å². The lowest BCUT2D eigenvalue weighted by atomic mass is 9.73. The van der Waals surface area contributed by atoms with E-state index in [1.54, 1.807) is 14.2 Å². The van der Waals surface area contributed by atoms with E-state index in [0.29, 0.717) is 12.0 Å². The molecule has 1 heterocycles. The van der Waals surface area contributed by atoms with E-state index in [9.17, 15) is 0 Å². The summed E-state index contributed by atoms with van der Waals surface area (Å²) < 4.78 is 10.8. The minimum absolute atomic E-state index is 0.604. The van der Waals surface area contributed by atoms with Gasteiger partial charge < -0.3 is 14.4 Å². The van der Waals surface area contributed by atoms with Crippen LogP contribution in [0.25, 0.3) is 0 Å². The number of hydrogen-bond donors (Lipinski definition) is 0. The summed E-state index contributed by atoms with van der Waals surface area (Å²) in [4.78, 5) is 2.56. The fourth-order valence-corrected chi connectivity index (χ4v) is 4.86. The number of ether oxygens (including phenoxy) is 2. The van der Waals surface area contributed by atoms with Gasteiger partial charge in [0.15, 0.2) is 0 Å². The van der Waals surface area contributed by atoms with Crippen LogP contribution in [-0.2, 0) is 12.8 Å². The zero-order valence-corrected chi connectivity index (χ0v) is 15.4. The lowest BCUT2D eigenvalue weighted by molar-refractivity contribution is 0.259. The van der Waals surface area contributed by atoms with E-state index in [1.807, 2.05) is 6.07 Å². The van der Waals surface area contributed by atoms with Crippen LogP contribution >= 0.6 is 0 Å². The quantitative estimate of drug-likeness (QED) is 0.844. The van der Waals surface area contributed by atoms with Crippen molar-refractivity contribution in [2.75, 3.05) is 27.8 Å². The summed E-state index contributed by atoms with van der Waals surface area (Å²) in [7, 11) is 5.77. The molecule has 3 nitrogen and oxygen atoms in total. The largest absolute Gasteiger partial charge is 0.497 e. The number of likely N-dealkylation sites (N-methyl/N-ethyl adjacent to an activating group) is 1. The number of nitrogens with zero attached hydrogens (tertiary/aromatic N) is 1. The number of likely N-dealkylation sites (tertiary alicyclic amines) is 1. The normalized spacial score (nSPS) is 25.3. The van der Waals surface area contributed by atoms with Crippen LogP contribution < -0.4 is 9.47 Å². The molecule has 3 atom stereocenters. The zero-order valence-electron chi connectivity index (χ0n) is 15.4. The predicted molar refractivity (Wildman–Crippen MR) is 101 cm³/mol. The Labute approximate surface area is 150 Å². The third-order valence-electron chi connectivity index (χ3n) is 6.14. The molecular weight excluding hydrogens is 310 g/mol. The number of hydrogen-bond acceptors (Lipinski definition) is 3. The fourth-order valence-electron chi connectivity index (χ4n) is 4.86. The Kier molecular flexibility index (Phi) is 4.43. The summed E-state index contributed by atoms with van der Waals surface area (Å²) in [6.45, 7) is 1.15. The predicted octanol–water partition coefficient (Wildman–Crippen LogP) is 3.91. The fraction of sp³-hybridized carbons (Fsp3) is 0.455. The van der Waals surface area contributed by atoms with Gasteiger partial charge in [0.05, 0.1) is 14.2 Å². The van der Waals surface area contributed by atoms with Crippen molar-refractivity contribution >= 4 is 0 Å². The van der Waals surface area contributed by atoms with Crippen LogP contribution in [-0.4, -0.2) is 38.8 Å². The molecule has 1 saturated heterocycles. The first-order valence-electron chi connectivity index (χ1n) is 9.19. The summed E-state index contributed by atoms with van der Waals surface area (Å²) in [5, 5.41) is 0. The van der Waals surface area contributed by atoms with Crippen LogP contribution in [0, 0.1) is 5.92 Å². The maximum absolute atomic E-state index is 5.41. The minimum Gasteiger partial charge on any atom is -0.497 e. The van der Waals surface area contributed by atoms with Crippen molar-refractivity contribution in [3.63, 3.8) is 0 Å². The highest BCUT2D eigenvalue weighted by Crippen LogP contribution is 2.45. The maximum atomic E-state index is 5.41. The molecule has 3 heteroatoms. The van der Waals surface area contributed by atoms with Gasteiger partial charge in [0, 0.05) is 18.5 Å². The minimum atomic E-state index is 0.604. The summed E-state index contributed by atoms with van der Waals surface area (Å²) in [6.07, 6.45) is 3.53. The van der Waals surface area contributed by atoms with Crippen molar-refractivity contribution in [1.82, 2.24) is 4.90 Å². The summed E-state index contributed by atoms with van der Waals surface area (Å²) >= 11 is 0. The summed E-state index contributed by atoms with van der Waals surface area (Å²) in [5.74, 6) is 3.32.